The third kappa shape index (κ3) is 3.72. The van der Waals surface area contributed by atoms with Crippen LogP contribution in [-0.4, -0.2) is 36.6 Å². The van der Waals surface area contributed by atoms with Gasteiger partial charge in [0.25, 0.3) is 0 Å². The summed E-state index contributed by atoms with van der Waals surface area (Å²) < 4.78 is 4.77. The minimum Gasteiger partial charge on any atom is -0.468 e. The number of piperidine rings is 1. The Hall–Kier alpha value is -1.10. The van der Waals surface area contributed by atoms with E-state index in [1.807, 2.05) is 24.3 Å². The lowest BCUT2D eigenvalue weighted by Crippen LogP contribution is -2.53. The van der Waals surface area contributed by atoms with E-state index in [0.29, 0.717) is 0 Å². The zero-order chi connectivity index (χ0) is 14.5. The second-order valence-electron chi connectivity index (χ2n) is 5.21. The first kappa shape index (κ1) is 15.3. The Morgan fingerprint density at radius 3 is 3.05 bits per heavy atom. The highest BCUT2D eigenvalue weighted by atomic mass is 35.5. The normalized spacial score (nSPS) is 21.4. The van der Waals surface area contributed by atoms with Crippen LogP contribution >= 0.6 is 11.6 Å². The molecule has 0 saturated carbocycles. The zero-order valence-corrected chi connectivity index (χ0v) is 12.5. The van der Waals surface area contributed by atoms with E-state index in [0.717, 1.165) is 42.9 Å². The van der Waals surface area contributed by atoms with Gasteiger partial charge >= 0.3 is 5.97 Å². The third-order valence-electron chi connectivity index (χ3n) is 3.83. The van der Waals surface area contributed by atoms with Crippen molar-refractivity contribution in [3.8, 4) is 0 Å². The summed E-state index contributed by atoms with van der Waals surface area (Å²) in [6.07, 6.45) is 3.16. The van der Waals surface area contributed by atoms with Gasteiger partial charge in [-0.1, -0.05) is 30.2 Å². The lowest BCUT2D eigenvalue weighted by atomic mass is 9.95. The number of likely N-dealkylation sites (tertiary alicyclic amines) is 1. The Morgan fingerprint density at radius 1 is 1.55 bits per heavy atom. The molecule has 2 unspecified atom stereocenters. The number of ether oxygens (including phenoxy) is 1. The van der Waals surface area contributed by atoms with Gasteiger partial charge in [-0.15, -0.1) is 0 Å². The zero-order valence-electron chi connectivity index (χ0n) is 11.7. The number of esters is 1. The first-order valence-electron chi connectivity index (χ1n) is 6.93. The molecule has 0 bridgehead atoms. The van der Waals surface area contributed by atoms with E-state index in [9.17, 15) is 4.79 Å². The molecule has 1 fully saturated rings. The summed E-state index contributed by atoms with van der Waals surface area (Å²) >= 11 is 6.02. The van der Waals surface area contributed by atoms with Crippen LogP contribution in [0.15, 0.2) is 24.3 Å². The molecular weight excluding hydrogens is 276 g/mol. The van der Waals surface area contributed by atoms with Crippen LogP contribution in [0.3, 0.4) is 0 Å². The number of nitrogens with two attached hydrogens (primary N) is 1. The molecule has 4 nitrogen and oxygen atoms in total. The molecule has 0 aromatic heterocycles. The van der Waals surface area contributed by atoms with Crippen LogP contribution in [0, 0.1) is 0 Å². The first-order chi connectivity index (χ1) is 9.61. The number of nitrogens with zero attached hydrogens (tertiary/aromatic N) is 1. The monoisotopic (exact) mass is 296 g/mol. The van der Waals surface area contributed by atoms with Gasteiger partial charge < -0.3 is 10.5 Å². The maximum atomic E-state index is 11.7. The minimum atomic E-state index is -0.584. The van der Waals surface area contributed by atoms with Gasteiger partial charge in [-0.25, -0.2) is 0 Å². The Bertz CT molecular complexity index is 467. The van der Waals surface area contributed by atoms with Crippen molar-refractivity contribution in [1.29, 1.82) is 0 Å². The van der Waals surface area contributed by atoms with E-state index in [-0.39, 0.29) is 12.0 Å². The van der Waals surface area contributed by atoms with Crippen LogP contribution in [0.5, 0.6) is 0 Å². The van der Waals surface area contributed by atoms with Gasteiger partial charge in [0.1, 0.15) is 6.04 Å². The average Bonchev–Trinajstić information content (AvgIpc) is 2.46. The summed E-state index contributed by atoms with van der Waals surface area (Å²) in [4.78, 5) is 13.9. The van der Waals surface area contributed by atoms with Crippen molar-refractivity contribution in [3.05, 3.63) is 34.9 Å². The lowest BCUT2D eigenvalue weighted by Gasteiger charge is -2.38. The number of hydrogen-bond acceptors (Lipinski definition) is 4. The Balaban J connectivity index is 2.09. The lowest BCUT2D eigenvalue weighted by molar-refractivity contribution is -0.144. The summed E-state index contributed by atoms with van der Waals surface area (Å²) in [5, 5.41) is 0.730. The smallest absolute Gasteiger partial charge is 0.324 e. The highest BCUT2D eigenvalue weighted by Crippen LogP contribution is 2.23. The molecule has 0 amide bonds. The molecule has 2 rings (SSSR count). The van der Waals surface area contributed by atoms with E-state index in [2.05, 4.69) is 4.90 Å². The van der Waals surface area contributed by atoms with E-state index in [1.165, 1.54) is 7.11 Å². The highest BCUT2D eigenvalue weighted by molar-refractivity contribution is 6.30. The number of hydrogen-bond donors (Lipinski definition) is 1. The van der Waals surface area contributed by atoms with Gasteiger partial charge in [0.2, 0.25) is 0 Å². The summed E-state index contributed by atoms with van der Waals surface area (Å²) in [6.45, 7) is 1.71. The van der Waals surface area contributed by atoms with Gasteiger partial charge in [-0.2, -0.15) is 0 Å². The van der Waals surface area contributed by atoms with E-state index < -0.39 is 6.04 Å². The number of rotatable bonds is 4. The molecule has 1 aromatic carbocycles. The third-order valence-corrected chi connectivity index (χ3v) is 4.06. The van der Waals surface area contributed by atoms with Crippen molar-refractivity contribution in [1.82, 2.24) is 4.90 Å². The fourth-order valence-corrected chi connectivity index (χ4v) is 3.00. The molecule has 0 spiro atoms. The molecule has 110 valence electrons. The van der Waals surface area contributed by atoms with Crippen LogP contribution in [0.25, 0.3) is 0 Å². The van der Waals surface area contributed by atoms with Crippen LogP contribution < -0.4 is 5.73 Å². The molecule has 2 atom stereocenters. The van der Waals surface area contributed by atoms with Crippen LogP contribution in [0.2, 0.25) is 5.02 Å². The van der Waals surface area contributed by atoms with Gasteiger partial charge in [-0.3, -0.25) is 9.69 Å². The maximum absolute atomic E-state index is 11.7. The second kappa shape index (κ2) is 7.07. The number of benzene rings is 1. The van der Waals surface area contributed by atoms with Crippen LogP contribution in [0.1, 0.15) is 24.8 Å². The van der Waals surface area contributed by atoms with Crippen molar-refractivity contribution < 1.29 is 9.53 Å². The minimum absolute atomic E-state index is 0.0372. The van der Waals surface area contributed by atoms with E-state index in [4.69, 9.17) is 22.1 Å². The summed E-state index contributed by atoms with van der Waals surface area (Å²) in [5.74, 6) is -0.340. The molecule has 0 radical (unpaired) electrons. The standard InChI is InChI=1S/C15H21ClN2O2/c1-20-15(19)14(17)13-7-2-3-8-18(13)10-11-5-4-6-12(16)9-11/h4-6,9,13-14H,2-3,7-8,10,17H2,1H3. The van der Waals surface area contributed by atoms with Gasteiger partial charge in [0, 0.05) is 17.6 Å². The van der Waals surface area contributed by atoms with Crippen molar-refractivity contribution in [2.24, 2.45) is 5.73 Å². The predicted molar refractivity (Wildman–Crippen MR) is 79.5 cm³/mol. The number of carbonyl (C=O) groups is 1. The number of halogens is 1. The molecule has 1 aliphatic rings. The molecule has 5 heteroatoms. The van der Waals surface area contributed by atoms with Crippen LogP contribution in [0.4, 0.5) is 0 Å². The molecule has 1 aliphatic heterocycles. The second-order valence-corrected chi connectivity index (χ2v) is 5.65. The predicted octanol–water partition coefficient (Wildman–Crippen LogP) is 2.19. The summed E-state index contributed by atoms with van der Waals surface area (Å²) in [5.41, 5.74) is 7.17. The van der Waals surface area contributed by atoms with Gasteiger partial charge in [0.05, 0.1) is 7.11 Å². The fraction of sp³-hybridized carbons (Fsp3) is 0.533. The topological polar surface area (TPSA) is 55.6 Å². The molecule has 2 N–H and O–H groups in total. The first-order valence-corrected chi connectivity index (χ1v) is 7.31. The Labute approximate surface area is 124 Å². The molecule has 1 heterocycles. The Morgan fingerprint density at radius 2 is 2.35 bits per heavy atom. The summed E-state index contributed by atoms with van der Waals surface area (Å²) in [6, 6.07) is 7.25. The molecule has 1 saturated heterocycles. The summed E-state index contributed by atoms with van der Waals surface area (Å²) in [7, 11) is 1.38. The Kier molecular flexibility index (Phi) is 5.40. The molecule has 0 aliphatic carbocycles. The van der Waals surface area contributed by atoms with Crippen LogP contribution in [-0.2, 0) is 16.1 Å². The number of carbonyl (C=O) groups excluding carboxylic acids is 1. The van der Waals surface area contributed by atoms with Gasteiger partial charge in [-0.05, 0) is 37.1 Å². The van der Waals surface area contributed by atoms with E-state index in [1.54, 1.807) is 0 Å². The fourth-order valence-electron chi connectivity index (χ4n) is 2.78. The average molecular weight is 297 g/mol. The van der Waals surface area contributed by atoms with Crippen molar-refractivity contribution in [2.45, 2.75) is 37.9 Å². The van der Waals surface area contributed by atoms with Gasteiger partial charge in [0.15, 0.2) is 0 Å². The number of methoxy groups -OCH3 is 1. The molecule has 20 heavy (non-hydrogen) atoms. The quantitative estimate of drug-likeness (QED) is 0.866. The van der Waals surface area contributed by atoms with E-state index >= 15 is 0 Å². The van der Waals surface area contributed by atoms with Crippen molar-refractivity contribution in [3.63, 3.8) is 0 Å². The highest BCUT2D eigenvalue weighted by Gasteiger charge is 2.32. The van der Waals surface area contributed by atoms with Crippen molar-refractivity contribution >= 4 is 17.6 Å². The van der Waals surface area contributed by atoms with Crippen molar-refractivity contribution in [2.75, 3.05) is 13.7 Å². The molecule has 1 aromatic rings. The maximum Gasteiger partial charge on any atom is 0.324 e. The SMILES string of the molecule is COC(=O)C(N)C1CCCCN1Cc1cccc(Cl)c1. The largest absolute Gasteiger partial charge is 0.468 e. The molecular formula is C15H21ClN2O2.